The number of likely N-dealkylation sites (N-methyl/N-ethyl adjacent to an activating group) is 1. The zero-order chi connectivity index (χ0) is 21.1. The Balaban J connectivity index is 0.00000320. The van der Waals surface area contributed by atoms with Gasteiger partial charge in [0.1, 0.15) is 23.0 Å². The topological polar surface area (TPSA) is 36.4 Å². The second-order valence-electron chi connectivity index (χ2n) is 6.34. The van der Waals surface area contributed by atoms with Crippen LogP contribution in [0.4, 0.5) is 22.7 Å². The van der Waals surface area contributed by atoms with Crippen LogP contribution in [0.2, 0.25) is 0 Å². The number of halogens is 5. The molecule has 4 nitrogen and oxygen atoms in total. The highest BCUT2D eigenvalue weighted by molar-refractivity contribution is 7.22. The first kappa shape index (κ1) is 24.0. The molecule has 1 amide bonds. The first-order valence-electron chi connectivity index (χ1n) is 9.08. The zero-order valence-electron chi connectivity index (χ0n) is 16.3. The van der Waals surface area contributed by atoms with E-state index in [1.165, 1.54) is 4.90 Å². The molecule has 0 saturated heterocycles. The highest BCUT2D eigenvalue weighted by Crippen LogP contribution is 2.32. The average Bonchev–Trinajstić information content (AvgIpc) is 3.09. The van der Waals surface area contributed by atoms with E-state index in [1.54, 1.807) is 0 Å². The van der Waals surface area contributed by atoms with Crippen molar-refractivity contribution in [2.75, 3.05) is 31.1 Å². The van der Waals surface area contributed by atoms with Crippen LogP contribution in [-0.4, -0.2) is 42.0 Å². The van der Waals surface area contributed by atoms with Gasteiger partial charge in [-0.25, -0.2) is 22.5 Å². The molecule has 162 valence electrons. The summed E-state index contributed by atoms with van der Waals surface area (Å²) < 4.78 is 55.3. The number of aromatic nitrogens is 1. The highest BCUT2D eigenvalue weighted by Gasteiger charge is 2.25. The number of thiazole rings is 1. The smallest absolute Gasteiger partial charge is 0.263 e. The van der Waals surface area contributed by atoms with E-state index in [-0.39, 0.29) is 39.9 Å². The Kier molecular flexibility index (Phi) is 8.17. The quantitative estimate of drug-likeness (QED) is 0.450. The van der Waals surface area contributed by atoms with Gasteiger partial charge in [-0.2, -0.15) is 0 Å². The number of benzene rings is 2. The lowest BCUT2D eigenvalue weighted by molar-refractivity contribution is 0.0980. The number of hydrogen-bond acceptors (Lipinski definition) is 4. The lowest BCUT2D eigenvalue weighted by atomic mass is 10.2. The minimum atomic E-state index is -0.999. The summed E-state index contributed by atoms with van der Waals surface area (Å²) in [6.07, 6.45) is 0. The van der Waals surface area contributed by atoms with Gasteiger partial charge in [-0.15, -0.1) is 12.4 Å². The molecule has 0 radical (unpaired) electrons. The zero-order valence-corrected chi connectivity index (χ0v) is 17.9. The summed E-state index contributed by atoms with van der Waals surface area (Å²) in [5, 5.41) is 0.116. The van der Waals surface area contributed by atoms with Crippen LogP contribution in [-0.2, 0) is 0 Å². The minimum absolute atomic E-state index is 0. The molecule has 0 aliphatic carbocycles. The van der Waals surface area contributed by atoms with Crippen molar-refractivity contribution in [3.05, 3.63) is 59.2 Å². The first-order valence-corrected chi connectivity index (χ1v) is 9.90. The van der Waals surface area contributed by atoms with Crippen molar-refractivity contribution in [3.8, 4) is 0 Å². The Morgan fingerprint density at radius 1 is 0.967 bits per heavy atom. The van der Waals surface area contributed by atoms with Crippen molar-refractivity contribution in [1.29, 1.82) is 0 Å². The second kappa shape index (κ2) is 10.2. The van der Waals surface area contributed by atoms with Gasteiger partial charge < -0.3 is 4.90 Å². The molecule has 0 bridgehead atoms. The van der Waals surface area contributed by atoms with Gasteiger partial charge >= 0.3 is 0 Å². The fraction of sp³-hybridized carbons (Fsp3) is 0.300. The minimum Gasteiger partial charge on any atom is -0.302 e. The summed E-state index contributed by atoms with van der Waals surface area (Å²) in [4.78, 5) is 20.5. The largest absolute Gasteiger partial charge is 0.302 e. The van der Waals surface area contributed by atoms with Gasteiger partial charge in [0.25, 0.3) is 5.91 Å². The summed E-state index contributed by atoms with van der Waals surface area (Å²) >= 11 is 0.932. The monoisotopic (exact) mass is 461 g/mol. The molecular weight excluding hydrogens is 442 g/mol. The molecule has 30 heavy (non-hydrogen) atoms. The molecule has 0 aliphatic heterocycles. The van der Waals surface area contributed by atoms with Crippen LogP contribution in [0, 0.1) is 23.3 Å². The number of nitrogens with zero attached hydrogens (tertiary/aromatic N) is 3. The van der Waals surface area contributed by atoms with Crippen LogP contribution in [0.1, 0.15) is 24.2 Å². The number of amides is 1. The molecule has 10 heteroatoms. The van der Waals surface area contributed by atoms with Gasteiger partial charge in [-0.3, -0.25) is 9.69 Å². The molecular formula is C20H20ClF4N3OS. The van der Waals surface area contributed by atoms with Crippen molar-refractivity contribution < 1.29 is 22.4 Å². The van der Waals surface area contributed by atoms with Gasteiger partial charge in [0.2, 0.25) is 0 Å². The normalized spacial score (nSPS) is 11.0. The Hall–Kier alpha value is -2.23. The fourth-order valence-electron chi connectivity index (χ4n) is 2.93. The lowest BCUT2D eigenvalue weighted by Crippen LogP contribution is -2.39. The van der Waals surface area contributed by atoms with E-state index < -0.39 is 29.2 Å². The van der Waals surface area contributed by atoms with E-state index in [4.69, 9.17) is 0 Å². The summed E-state index contributed by atoms with van der Waals surface area (Å²) in [6.45, 7) is 6.03. The third-order valence-corrected chi connectivity index (χ3v) is 5.60. The van der Waals surface area contributed by atoms with Crippen molar-refractivity contribution in [2.45, 2.75) is 13.8 Å². The summed E-state index contributed by atoms with van der Waals surface area (Å²) in [6, 6.07) is 4.53. The van der Waals surface area contributed by atoms with Crippen LogP contribution in [0.3, 0.4) is 0 Å². The number of hydrogen-bond donors (Lipinski definition) is 0. The third-order valence-electron chi connectivity index (χ3n) is 4.57. The molecule has 0 N–H and O–H groups in total. The number of rotatable bonds is 7. The molecule has 3 aromatic rings. The Morgan fingerprint density at radius 2 is 1.63 bits per heavy atom. The molecule has 0 aliphatic rings. The van der Waals surface area contributed by atoms with Crippen LogP contribution < -0.4 is 4.90 Å². The van der Waals surface area contributed by atoms with Crippen LogP contribution in [0.5, 0.6) is 0 Å². The second-order valence-corrected chi connectivity index (χ2v) is 7.35. The van der Waals surface area contributed by atoms with Crippen molar-refractivity contribution >= 4 is 45.0 Å². The fourth-order valence-corrected chi connectivity index (χ4v) is 3.96. The van der Waals surface area contributed by atoms with Crippen molar-refractivity contribution in [2.24, 2.45) is 0 Å². The van der Waals surface area contributed by atoms with Gasteiger partial charge in [0, 0.05) is 25.2 Å². The van der Waals surface area contributed by atoms with E-state index in [0.29, 0.717) is 18.7 Å². The van der Waals surface area contributed by atoms with Crippen LogP contribution >= 0.6 is 23.7 Å². The predicted octanol–water partition coefficient (Wildman–Crippen LogP) is 5.26. The predicted molar refractivity (Wildman–Crippen MR) is 113 cm³/mol. The Bertz CT molecular complexity index is 1040. The number of fused-ring (bicyclic) bond motifs is 1. The maximum absolute atomic E-state index is 14.2. The van der Waals surface area contributed by atoms with Crippen molar-refractivity contribution in [3.63, 3.8) is 0 Å². The van der Waals surface area contributed by atoms with Gasteiger partial charge in [0.15, 0.2) is 10.9 Å². The summed E-state index contributed by atoms with van der Waals surface area (Å²) in [5.74, 6) is -4.12. The average molecular weight is 462 g/mol. The Labute approximate surface area is 181 Å². The summed E-state index contributed by atoms with van der Waals surface area (Å²) in [7, 11) is 0. The SMILES string of the molecule is CCN(CC)CCN(C(=O)c1ccc(F)cc1F)c1nc2c(F)cc(F)cc2s1.Cl. The third kappa shape index (κ3) is 5.08. The molecule has 1 heterocycles. The number of carbonyl (C=O) groups is 1. The van der Waals surface area contributed by atoms with E-state index >= 15 is 0 Å². The van der Waals surface area contributed by atoms with Crippen molar-refractivity contribution in [1.82, 2.24) is 9.88 Å². The van der Waals surface area contributed by atoms with Crippen LogP contribution in [0.15, 0.2) is 30.3 Å². The first-order chi connectivity index (χ1) is 13.8. The van der Waals surface area contributed by atoms with E-state index in [0.717, 1.165) is 42.6 Å². The van der Waals surface area contributed by atoms with E-state index in [2.05, 4.69) is 9.88 Å². The highest BCUT2D eigenvalue weighted by atomic mass is 35.5. The molecule has 0 saturated carbocycles. The van der Waals surface area contributed by atoms with E-state index in [9.17, 15) is 22.4 Å². The maximum atomic E-state index is 14.2. The molecule has 1 aromatic heterocycles. The van der Waals surface area contributed by atoms with Gasteiger partial charge in [-0.1, -0.05) is 25.2 Å². The molecule has 2 aromatic carbocycles. The lowest BCUT2D eigenvalue weighted by Gasteiger charge is -2.24. The standard InChI is InChI=1S/C20H19F4N3OS.ClH/c1-3-26(4-2)7-8-27(19(28)14-6-5-12(21)9-15(14)23)20-25-18-16(24)10-13(22)11-17(18)29-20;/h5-6,9-11H,3-4,7-8H2,1-2H3;1H. The molecule has 0 spiro atoms. The maximum Gasteiger partial charge on any atom is 0.263 e. The molecule has 0 atom stereocenters. The summed E-state index contributed by atoms with van der Waals surface area (Å²) in [5.41, 5.74) is -0.386. The number of anilines is 1. The molecule has 3 rings (SSSR count). The number of carbonyl (C=O) groups excluding carboxylic acids is 1. The van der Waals surface area contributed by atoms with Gasteiger partial charge in [-0.05, 0) is 31.3 Å². The van der Waals surface area contributed by atoms with E-state index in [1.807, 2.05) is 13.8 Å². The van der Waals surface area contributed by atoms with Gasteiger partial charge in [0.05, 0.1) is 10.3 Å². The van der Waals surface area contributed by atoms with Crippen LogP contribution in [0.25, 0.3) is 10.2 Å². The Morgan fingerprint density at radius 3 is 2.27 bits per heavy atom. The molecule has 0 fully saturated rings. The molecule has 0 unspecified atom stereocenters.